The van der Waals surface area contributed by atoms with Gasteiger partial charge in [0.05, 0.1) is 10.2 Å². The van der Waals surface area contributed by atoms with Crippen LogP contribution in [-0.4, -0.2) is 4.98 Å². The fraction of sp³-hybridized carbons (Fsp3) is 0.235. The second kappa shape index (κ2) is 6.14. The Labute approximate surface area is 133 Å². The zero-order valence-corrected chi connectivity index (χ0v) is 13.6. The molecule has 0 saturated carbocycles. The fourth-order valence-electron chi connectivity index (χ4n) is 2.44. The monoisotopic (exact) mass is 316 g/mol. The molecule has 1 N–H and O–H groups in total. The number of fused-ring (bicyclic) bond motifs is 1. The van der Waals surface area contributed by atoms with Crippen molar-refractivity contribution in [3.63, 3.8) is 0 Å². The number of nitrogens with zero attached hydrogens (tertiary/aromatic N) is 1. The van der Waals surface area contributed by atoms with Gasteiger partial charge in [-0.2, -0.15) is 0 Å². The van der Waals surface area contributed by atoms with Gasteiger partial charge in [0.2, 0.25) is 0 Å². The lowest BCUT2D eigenvalue weighted by molar-refractivity contribution is 0.494. The summed E-state index contributed by atoms with van der Waals surface area (Å²) in [4.78, 5) is 4.51. The fourth-order valence-corrected chi connectivity index (χ4v) is 3.43. The molecule has 4 heteroatoms. The van der Waals surface area contributed by atoms with E-state index < -0.39 is 0 Å². The van der Waals surface area contributed by atoms with Gasteiger partial charge in [0.25, 0.3) is 0 Å². The highest BCUT2D eigenvalue weighted by molar-refractivity contribution is 7.17. The van der Waals surface area contributed by atoms with Crippen LogP contribution in [0, 0.1) is 0 Å². The topological polar surface area (TPSA) is 24.9 Å². The van der Waals surface area contributed by atoms with Crippen LogP contribution in [0.4, 0.5) is 0 Å². The normalized spacial score (nSPS) is 14.2. The Kier molecular flexibility index (Phi) is 4.24. The van der Waals surface area contributed by atoms with Crippen molar-refractivity contribution in [3.05, 3.63) is 64.1 Å². The summed E-state index contributed by atoms with van der Waals surface area (Å²) in [6, 6.07) is 12.7. The van der Waals surface area contributed by atoms with Gasteiger partial charge in [0.1, 0.15) is 0 Å². The largest absolute Gasteiger partial charge is 0.304 e. The van der Waals surface area contributed by atoms with Crippen LogP contribution in [0.15, 0.2) is 48.0 Å². The van der Waals surface area contributed by atoms with E-state index in [1.807, 2.05) is 24.4 Å². The molecular weight excluding hydrogens is 300 g/mol. The first-order valence-electron chi connectivity index (χ1n) is 6.98. The van der Waals surface area contributed by atoms with Crippen LogP contribution < -0.4 is 5.32 Å². The average molecular weight is 317 g/mol. The van der Waals surface area contributed by atoms with Crippen LogP contribution >= 0.6 is 22.9 Å². The van der Waals surface area contributed by atoms with Gasteiger partial charge >= 0.3 is 0 Å². The van der Waals surface area contributed by atoms with Crippen molar-refractivity contribution in [2.75, 3.05) is 0 Å². The smallest absolute Gasteiger partial charge is 0.0809 e. The lowest BCUT2D eigenvalue weighted by Gasteiger charge is -2.20. The predicted molar refractivity (Wildman–Crippen MR) is 91.0 cm³/mol. The maximum absolute atomic E-state index is 6.06. The molecule has 0 saturated heterocycles. The third kappa shape index (κ3) is 3.26. The van der Waals surface area contributed by atoms with Gasteiger partial charge in [0.15, 0.2) is 0 Å². The Morgan fingerprint density at radius 3 is 2.71 bits per heavy atom. The summed E-state index contributed by atoms with van der Waals surface area (Å²) in [5.74, 6) is 0. The number of halogens is 1. The van der Waals surface area contributed by atoms with E-state index in [0.717, 1.165) is 10.5 Å². The second-order valence-corrected chi connectivity index (χ2v) is 6.62. The first-order valence-corrected chi connectivity index (χ1v) is 8.24. The SMILES string of the molecule is CC(N[C@H](C)c1cccc(Cl)c1)c1cnc2ccsc2c1. The van der Waals surface area contributed by atoms with E-state index in [2.05, 4.69) is 47.7 Å². The van der Waals surface area contributed by atoms with E-state index in [1.54, 1.807) is 11.3 Å². The zero-order chi connectivity index (χ0) is 14.8. The summed E-state index contributed by atoms with van der Waals surface area (Å²) in [5.41, 5.74) is 3.47. The molecule has 3 rings (SSSR count). The number of nitrogens with one attached hydrogen (secondary N) is 1. The van der Waals surface area contributed by atoms with Crippen molar-refractivity contribution in [1.82, 2.24) is 10.3 Å². The molecule has 108 valence electrons. The maximum atomic E-state index is 6.06. The highest BCUT2D eigenvalue weighted by Gasteiger charge is 2.12. The zero-order valence-electron chi connectivity index (χ0n) is 12.0. The Bertz CT molecular complexity index is 753. The molecule has 1 aromatic carbocycles. The van der Waals surface area contributed by atoms with Crippen molar-refractivity contribution < 1.29 is 0 Å². The molecule has 0 spiro atoms. The maximum Gasteiger partial charge on any atom is 0.0809 e. The number of hydrogen-bond donors (Lipinski definition) is 1. The van der Waals surface area contributed by atoms with Crippen molar-refractivity contribution in [2.45, 2.75) is 25.9 Å². The average Bonchev–Trinajstić information content (AvgIpc) is 2.94. The van der Waals surface area contributed by atoms with Crippen molar-refractivity contribution in [1.29, 1.82) is 0 Å². The molecule has 0 fully saturated rings. The molecular formula is C17H17ClN2S. The van der Waals surface area contributed by atoms with Crippen LogP contribution in [0.1, 0.15) is 37.1 Å². The molecule has 2 atom stereocenters. The summed E-state index contributed by atoms with van der Waals surface area (Å²) in [7, 11) is 0. The molecule has 2 heterocycles. The van der Waals surface area contributed by atoms with Crippen molar-refractivity contribution >= 4 is 33.2 Å². The van der Waals surface area contributed by atoms with Crippen LogP contribution in [0.25, 0.3) is 10.2 Å². The second-order valence-electron chi connectivity index (χ2n) is 5.24. The predicted octanol–water partition coefficient (Wildman–Crippen LogP) is 5.36. The molecule has 0 aliphatic carbocycles. The van der Waals surface area contributed by atoms with Gasteiger partial charge in [-0.05, 0) is 54.6 Å². The van der Waals surface area contributed by atoms with E-state index in [1.165, 1.54) is 15.8 Å². The number of pyridine rings is 1. The Morgan fingerprint density at radius 2 is 1.90 bits per heavy atom. The van der Waals surface area contributed by atoms with Gasteiger partial charge in [0, 0.05) is 23.3 Å². The number of thiophene rings is 1. The van der Waals surface area contributed by atoms with E-state index in [9.17, 15) is 0 Å². The minimum Gasteiger partial charge on any atom is -0.304 e. The molecule has 0 amide bonds. The van der Waals surface area contributed by atoms with Gasteiger partial charge in [-0.15, -0.1) is 11.3 Å². The van der Waals surface area contributed by atoms with Crippen LogP contribution in [0.2, 0.25) is 5.02 Å². The minimum absolute atomic E-state index is 0.234. The molecule has 2 nitrogen and oxygen atoms in total. The quantitative estimate of drug-likeness (QED) is 0.700. The molecule has 21 heavy (non-hydrogen) atoms. The molecule has 3 aromatic rings. The number of aromatic nitrogens is 1. The highest BCUT2D eigenvalue weighted by Crippen LogP contribution is 2.25. The van der Waals surface area contributed by atoms with Crippen LogP contribution in [0.5, 0.6) is 0 Å². The van der Waals surface area contributed by atoms with E-state index >= 15 is 0 Å². The van der Waals surface area contributed by atoms with Gasteiger partial charge in [-0.25, -0.2) is 0 Å². The summed E-state index contributed by atoms with van der Waals surface area (Å²) >= 11 is 7.79. The minimum atomic E-state index is 0.234. The summed E-state index contributed by atoms with van der Waals surface area (Å²) < 4.78 is 1.23. The van der Waals surface area contributed by atoms with Gasteiger partial charge in [-0.3, -0.25) is 4.98 Å². The third-order valence-corrected chi connectivity index (χ3v) is 4.76. The molecule has 0 bridgehead atoms. The Hall–Kier alpha value is -1.42. The lowest BCUT2D eigenvalue weighted by Crippen LogP contribution is -2.22. The first kappa shape index (κ1) is 14.5. The highest BCUT2D eigenvalue weighted by atomic mass is 35.5. The number of hydrogen-bond acceptors (Lipinski definition) is 3. The van der Waals surface area contributed by atoms with Crippen molar-refractivity contribution in [3.8, 4) is 0 Å². The van der Waals surface area contributed by atoms with Gasteiger partial charge < -0.3 is 5.32 Å². The summed E-state index contributed by atoms with van der Waals surface area (Å²) in [6.07, 6.45) is 1.96. The molecule has 0 aliphatic rings. The Balaban J connectivity index is 1.77. The molecule has 1 unspecified atom stereocenters. The lowest BCUT2D eigenvalue weighted by atomic mass is 10.1. The van der Waals surface area contributed by atoms with E-state index in [4.69, 9.17) is 11.6 Å². The van der Waals surface area contributed by atoms with Crippen LogP contribution in [0.3, 0.4) is 0 Å². The van der Waals surface area contributed by atoms with Gasteiger partial charge in [-0.1, -0.05) is 23.7 Å². The van der Waals surface area contributed by atoms with Crippen LogP contribution in [-0.2, 0) is 0 Å². The third-order valence-electron chi connectivity index (χ3n) is 3.67. The Morgan fingerprint density at radius 1 is 1.10 bits per heavy atom. The first-order chi connectivity index (χ1) is 10.1. The van der Waals surface area contributed by atoms with E-state index in [0.29, 0.717) is 0 Å². The molecule has 0 aliphatic heterocycles. The summed E-state index contributed by atoms with van der Waals surface area (Å²) in [6.45, 7) is 4.32. The molecule has 0 radical (unpaired) electrons. The standard InChI is InChI=1S/C17H17ClN2S/c1-11(13-4-3-5-15(18)8-13)20-12(2)14-9-17-16(19-10-14)6-7-21-17/h3-12,20H,1-2H3/t11-,12?/m1/s1. The molecule has 2 aromatic heterocycles. The van der Waals surface area contributed by atoms with Crippen molar-refractivity contribution in [2.24, 2.45) is 0 Å². The summed E-state index contributed by atoms with van der Waals surface area (Å²) in [5, 5.41) is 6.45. The van der Waals surface area contributed by atoms with E-state index in [-0.39, 0.29) is 12.1 Å². The number of rotatable bonds is 4. The number of benzene rings is 1.